The van der Waals surface area contributed by atoms with Crippen molar-refractivity contribution < 1.29 is 0 Å². The van der Waals surface area contributed by atoms with E-state index in [0.29, 0.717) is 5.92 Å². The fourth-order valence-corrected chi connectivity index (χ4v) is 4.86. The number of aryl methyl sites for hydroxylation is 2. The van der Waals surface area contributed by atoms with Crippen molar-refractivity contribution in [3.05, 3.63) is 82.5 Å². The van der Waals surface area contributed by atoms with Crippen LogP contribution in [0.4, 0.5) is 0 Å². The molecule has 0 saturated carbocycles. The lowest BCUT2D eigenvalue weighted by atomic mass is 9.63. The average Bonchev–Trinajstić information content (AvgIpc) is 2.86. The van der Waals surface area contributed by atoms with Crippen LogP contribution in [0.25, 0.3) is 11.1 Å². The van der Waals surface area contributed by atoms with Crippen LogP contribution < -0.4 is 0 Å². The number of allylic oxidation sites excluding steroid dienone is 4. The molecule has 2 aliphatic carbocycles. The van der Waals surface area contributed by atoms with Crippen molar-refractivity contribution in [2.24, 2.45) is 5.92 Å². The zero-order valence-corrected chi connectivity index (χ0v) is 15.2. The first kappa shape index (κ1) is 15.4. The van der Waals surface area contributed by atoms with Crippen LogP contribution in [0.5, 0.6) is 0 Å². The molecule has 0 unspecified atom stereocenters. The molecule has 0 aromatic heterocycles. The number of rotatable bonds is 2. The Morgan fingerprint density at radius 1 is 0.875 bits per heavy atom. The van der Waals surface area contributed by atoms with Gasteiger partial charge in [0, 0.05) is 5.41 Å². The van der Waals surface area contributed by atoms with Crippen LogP contribution in [0.3, 0.4) is 0 Å². The second-order valence-electron chi connectivity index (χ2n) is 7.72. The molecule has 2 aromatic rings. The smallest absolute Gasteiger partial charge is 0.0449 e. The van der Waals surface area contributed by atoms with E-state index in [1.807, 2.05) is 0 Å². The Balaban J connectivity index is 2.11. The lowest BCUT2D eigenvalue weighted by molar-refractivity contribution is 0.425. The largest absolute Gasteiger partial charge is 0.0842 e. The Morgan fingerprint density at radius 2 is 1.46 bits per heavy atom. The van der Waals surface area contributed by atoms with Gasteiger partial charge in [0.15, 0.2) is 0 Å². The molecule has 0 fully saturated rings. The molecule has 0 atom stereocenters. The standard InChI is InChI=1S/C24H26/c1-16(2)24(19-8-6-5-7-9-19)22-12-10-17(3)14-20(22)21-15-18(4)11-13-23(21)24/h5-6,8,10-16H,7,9H2,1-4H3. The number of benzene rings is 2. The van der Waals surface area contributed by atoms with Gasteiger partial charge < -0.3 is 0 Å². The minimum absolute atomic E-state index is 0.0246. The quantitative estimate of drug-likeness (QED) is 0.593. The summed E-state index contributed by atoms with van der Waals surface area (Å²) in [5.74, 6) is 0.528. The predicted molar refractivity (Wildman–Crippen MR) is 103 cm³/mol. The fourth-order valence-electron chi connectivity index (χ4n) is 4.86. The van der Waals surface area contributed by atoms with Gasteiger partial charge in [0.2, 0.25) is 0 Å². The maximum absolute atomic E-state index is 2.39. The van der Waals surface area contributed by atoms with E-state index < -0.39 is 0 Å². The van der Waals surface area contributed by atoms with Crippen molar-refractivity contribution in [3.63, 3.8) is 0 Å². The summed E-state index contributed by atoms with van der Waals surface area (Å²) in [6, 6.07) is 14.1. The maximum Gasteiger partial charge on any atom is 0.0449 e. The topological polar surface area (TPSA) is 0 Å². The minimum Gasteiger partial charge on any atom is -0.0842 e. The molecule has 0 N–H and O–H groups in total. The van der Waals surface area contributed by atoms with Crippen LogP contribution in [0.15, 0.2) is 60.2 Å². The summed E-state index contributed by atoms with van der Waals surface area (Å²) in [4.78, 5) is 0. The Labute approximate surface area is 145 Å². The van der Waals surface area contributed by atoms with Crippen LogP contribution >= 0.6 is 0 Å². The summed E-state index contributed by atoms with van der Waals surface area (Å²) < 4.78 is 0. The van der Waals surface area contributed by atoms with Crippen LogP contribution in [0, 0.1) is 19.8 Å². The van der Waals surface area contributed by atoms with Gasteiger partial charge in [-0.3, -0.25) is 0 Å². The van der Waals surface area contributed by atoms with E-state index in [4.69, 9.17) is 0 Å². The molecule has 0 saturated heterocycles. The Kier molecular flexibility index (Phi) is 3.53. The Bertz CT molecular complexity index is 810. The SMILES string of the molecule is Cc1ccc2c(c1)-c1cc(C)ccc1C2(C1=CC=CCC1)C(C)C. The lowest BCUT2D eigenvalue weighted by Gasteiger charge is -2.39. The average molecular weight is 314 g/mol. The van der Waals surface area contributed by atoms with Crippen LogP contribution in [-0.2, 0) is 5.41 Å². The van der Waals surface area contributed by atoms with Gasteiger partial charge in [-0.2, -0.15) is 0 Å². The van der Waals surface area contributed by atoms with E-state index >= 15 is 0 Å². The highest BCUT2D eigenvalue weighted by Gasteiger charge is 2.47. The molecule has 2 aliphatic rings. The van der Waals surface area contributed by atoms with E-state index in [9.17, 15) is 0 Å². The van der Waals surface area contributed by atoms with Crippen molar-refractivity contribution in [1.82, 2.24) is 0 Å². The van der Waals surface area contributed by atoms with Crippen LogP contribution in [-0.4, -0.2) is 0 Å². The molecular formula is C24H26. The molecule has 4 rings (SSSR count). The molecule has 2 aromatic carbocycles. The first-order chi connectivity index (χ1) is 11.5. The van der Waals surface area contributed by atoms with Crippen molar-refractivity contribution in [1.29, 1.82) is 0 Å². The van der Waals surface area contributed by atoms with Gasteiger partial charge in [0.25, 0.3) is 0 Å². The van der Waals surface area contributed by atoms with E-state index in [1.54, 1.807) is 5.57 Å². The third-order valence-corrected chi connectivity index (χ3v) is 5.88. The molecule has 0 spiro atoms. The summed E-state index contributed by atoms with van der Waals surface area (Å²) >= 11 is 0. The highest BCUT2D eigenvalue weighted by atomic mass is 14.5. The van der Waals surface area contributed by atoms with Gasteiger partial charge in [0.1, 0.15) is 0 Å². The van der Waals surface area contributed by atoms with Crippen molar-refractivity contribution in [3.8, 4) is 11.1 Å². The van der Waals surface area contributed by atoms with Gasteiger partial charge in [-0.05, 0) is 54.9 Å². The Morgan fingerprint density at radius 3 is 1.92 bits per heavy atom. The zero-order valence-electron chi connectivity index (χ0n) is 15.2. The molecular weight excluding hydrogens is 288 g/mol. The summed E-state index contributed by atoms with van der Waals surface area (Å²) in [6.45, 7) is 9.18. The molecule has 0 nitrogen and oxygen atoms in total. The van der Waals surface area contributed by atoms with Crippen molar-refractivity contribution >= 4 is 0 Å². The van der Waals surface area contributed by atoms with E-state index in [0.717, 1.165) is 12.8 Å². The number of hydrogen-bond acceptors (Lipinski definition) is 0. The fraction of sp³-hybridized carbons (Fsp3) is 0.333. The molecule has 0 heterocycles. The number of fused-ring (bicyclic) bond motifs is 3. The van der Waals surface area contributed by atoms with Gasteiger partial charge >= 0.3 is 0 Å². The lowest BCUT2D eigenvalue weighted by Crippen LogP contribution is -2.34. The monoisotopic (exact) mass is 314 g/mol. The molecule has 0 bridgehead atoms. The molecule has 122 valence electrons. The van der Waals surface area contributed by atoms with Crippen molar-refractivity contribution in [2.75, 3.05) is 0 Å². The van der Waals surface area contributed by atoms with Crippen LogP contribution in [0.1, 0.15) is 48.9 Å². The molecule has 0 amide bonds. The third-order valence-electron chi connectivity index (χ3n) is 5.88. The van der Waals surface area contributed by atoms with E-state index in [-0.39, 0.29) is 5.41 Å². The normalized spacial score (nSPS) is 17.6. The molecule has 0 heteroatoms. The highest BCUT2D eigenvalue weighted by Crippen LogP contribution is 2.57. The second-order valence-corrected chi connectivity index (χ2v) is 7.72. The Hall–Kier alpha value is -2.08. The summed E-state index contributed by atoms with van der Waals surface area (Å²) in [5, 5.41) is 0. The van der Waals surface area contributed by atoms with Gasteiger partial charge in [-0.15, -0.1) is 0 Å². The van der Waals surface area contributed by atoms with Gasteiger partial charge in [0.05, 0.1) is 0 Å². The minimum atomic E-state index is 0.0246. The second kappa shape index (κ2) is 5.48. The van der Waals surface area contributed by atoms with Gasteiger partial charge in [-0.25, -0.2) is 0 Å². The summed E-state index contributed by atoms with van der Waals surface area (Å²) in [5.41, 5.74) is 10.2. The summed E-state index contributed by atoms with van der Waals surface area (Å²) in [7, 11) is 0. The molecule has 24 heavy (non-hydrogen) atoms. The highest BCUT2D eigenvalue weighted by molar-refractivity contribution is 5.84. The zero-order chi connectivity index (χ0) is 16.9. The molecule has 0 aliphatic heterocycles. The van der Waals surface area contributed by atoms with E-state index in [2.05, 4.69) is 82.3 Å². The first-order valence-electron chi connectivity index (χ1n) is 9.14. The third kappa shape index (κ3) is 1.99. The maximum atomic E-state index is 2.39. The van der Waals surface area contributed by atoms with Gasteiger partial charge in [-0.1, -0.05) is 85.2 Å². The first-order valence-corrected chi connectivity index (χ1v) is 9.14. The van der Waals surface area contributed by atoms with Crippen molar-refractivity contribution in [2.45, 2.75) is 46.0 Å². The predicted octanol–water partition coefficient (Wildman–Crippen LogP) is 6.50. The van der Waals surface area contributed by atoms with E-state index in [1.165, 1.54) is 33.4 Å². The molecule has 0 radical (unpaired) electrons. The number of hydrogen-bond donors (Lipinski definition) is 0. The summed E-state index contributed by atoms with van der Waals surface area (Å²) in [6.07, 6.45) is 9.24. The van der Waals surface area contributed by atoms with Crippen LogP contribution in [0.2, 0.25) is 0 Å².